The predicted molar refractivity (Wildman–Crippen MR) is 375 cm³/mol. The first kappa shape index (κ1) is 84.5. The van der Waals surface area contributed by atoms with E-state index in [4.69, 9.17) is 18.9 Å². The molecule has 510 valence electrons. The van der Waals surface area contributed by atoms with Gasteiger partial charge in [-0.3, -0.25) is 9.59 Å². The number of unbranched alkanes of at least 4 members (excludes halogenated alkanes) is 40. The van der Waals surface area contributed by atoms with Crippen molar-refractivity contribution in [1.82, 2.24) is 0 Å². The summed E-state index contributed by atoms with van der Waals surface area (Å²) in [4.78, 5) is 37.5. The molecule has 0 amide bonds. The number of aliphatic carboxylic acids is 1. The molecule has 0 aliphatic carbocycles. The van der Waals surface area contributed by atoms with Crippen molar-refractivity contribution in [2.75, 3.05) is 47.5 Å². The zero-order valence-electron chi connectivity index (χ0n) is 58.3. The number of esters is 2. The minimum absolute atomic E-state index is 0.149. The fraction of sp³-hybridized carbons (Fsp3) is 0.785. The molecule has 0 fully saturated rings. The molecule has 0 heterocycles. The Morgan fingerprint density at radius 3 is 0.966 bits per heavy atom. The Labute approximate surface area is 544 Å². The van der Waals surface area contributed by atoms with Crippen molar-refractivity contribution in [3.05, 3.63) is 85.1 Å². The van der Waals surface area contributed by atoms with E-state index in [2.05, 4.69) is 98.9 Å². The molecule has 0 aromatic carbocycles. The van der Waals surface area contributed by atoms with Gasteiger partial charge in [0.05, 0.1) is 40.3 Å². The van der Waals surface area contributed by atoms with Crippen LogP contribution in [0.3, 0.4) is 0 Å². The van der Waals surface area contributed by atoms with Crippen molar-refractivity contribution < 1.29 is 42.9 Å². The average molecular weight is 1230 g/mol. The highest BCUT2D eigenvalue weighted by atomic mass is 16.7. The summed E-state index contributed by atoms with van der Waals surface area (Å²) in [6.07, 6.45) is 91.1. The highest BCUT2D eigenvalue weighted by Gasteiger charge is 2.22. The Balaban J connectivity index is 4.00. The van der Waals surface area contributed by atoms with Crippen LogP contribution in [0.5, 0.6) is 0 Å². The molecule has 0 saturated carbocycles. The van der Waals surface area contributed by atoms with Gasteiger partial charge in [0.25, 0.3) is 0 Å². The van der Waals surface area contributed by atoms with Gasteiger partial charge in [0.1, 0.15) is 13.2 Å². The summed E-state index contributed by atoms with van der Waals surface area (Å²) in [7, 11) is 5.94. The lowest BCUT2D eigenvalue weighted by Crippen LogP contribution is -2.44. The first-order valence-corrected chi connectivity index (χ1v) is 37.2. The van der Waals surface area contributed by atoms with Crippen molar-refractivity contribution in [3.8, 4) is 0 Å². The molecular formula is C79H141NO8. The van der Waals surface area contributed by atoms with Gasteiger partial charge in [-0.25, -0.2) is 0 Å². The van der Waals surface area contributed by atoms with Crippen LogP contribution in [0, 0.1) is 0 Å². The molecule has 2 atom stereocenters. The smallest absolute Gasteiger partial charge is 0.306 e. The Bertz CT molecular complexity index is 1720. The molecule has 0 spiro atoms. The van der Waals surface area contributed by atoms with Crippen LogP contribution >= 0.6 is 0 Å². The highest BCUT2D eigenvalue weighted by Crippen LogP contribution is 2.19. The first-order chi connectivity index (χ1) is 43.1. The van der Waals surface area contributed by atoms with Crippen LogP contribution in [-0.4, -0.2) is 82.3 Å². The van der Waals surface area contributed by atoms with Crippen molar-refractivity contribution >= 4 is 17.9 Å². The summed E-state index contributed by atoms with van der Waals surface area (Å²) >= 11 is 0. The first-order valence-electron chi connectivity index (χ1n) is 37.2. The zero-order valence-corrected chi connectivity index (χ0v) is 58.3. The van der Waals surface area contributed by atoms with Crippen LogP contribution in [0.25, 0.3) is 0 Å². The van der Waals surface area contributed by atoms with Crippen LogP contribution in [-0.2, 0) is 33.3 Å². The minimum atomic E-state index is -1.62. The average Bonchev–Trinajstić information content (AvgIpc) is 3.55. The number of carbonyl (C=O) groups is 3. The minimum Gasteiger partial charge on any atom is -0.545 e. The summed E-state index contributed by atoms with van der Waals surface area (Å²) in [5.41, 5.74) is 0. The second-order valence-corrected chi connectivity index (χ2v) is 26.2. The maximum Gasteiger partial charge on any atom is 0.306 e. The number of carbonyl (C=O) groups excluding carboxylic acids is 3. The molecule has 0 aromatic rings. The van der Waals surface area contributed by atoms with E-state index in [1.807, 2.05) is 21.1 Å². The van der Waals surface area contributed by atoms with E-state index in [1.54, 1.807) is 0 Å². The van der Waals surface area contributed by atoms with Gasteiger partial charge in [0, 0.05) is 12.8 Å². The number of nitrogens with zero attached hydrogens (tertiary/aromatic N) is 1. The second-order valence-electron chi connectivity index (χ2n) is 26.2. The maximum atomic E-state index is 12.9. The van der Waals surface area contributed by atoms with E-state index in [9.17, 15) is 19.5 Å². The largest absolute Gasteiger partial charge is 0.545 e. The lowest BCUT2D eigenvalue weighted by atomic mass is 10.0. The van der Waals surface area contributed by atoms with Gasteiger partial charge in [-0.05, 0) is 70.6 Å². The Hall–Kier alpha value is -3.53. The molecule has 0 radical (unpaired) electrons. The molecule has 0 aliphatic rings. The molecule has 0 aromatic heterocycles. The standard InChI is InChI=1S/C79H141NO8/c1-6-8-10-12-14-16-18-20-22-24-26-28-30-31-32-33-34-35-36-37-38-39-40-41-42-43-44-45-46-47-48-50-52-54-56-58-60-62-64-66-68-70-77(82)88-75(74-87-79(78(83)84)85-72-71-80(3,4)5)73-86-76(81)69-67-65-63-61-59-57-55-53-51-49-29-27-25-23-21-19-17-15-13-11-9-7-2/h8,10,14,16,20,22,26,28,31-32,34-35,37-38,75,79H,6-7,9,11-13,15,17-19,21,23-25,27,29-30,33,36,39-74H2,1-5H3/b10-8-,16-14-,22-20-,28-26-,32-31-,35-34-,38-37-. The molecule has 0 N–H and O–H groups in total. The summed E-state index contributed by atoms with van der Waals surface area (Å²) in [6.45, 7) is 4.69. The molecule has 88 heavy (non-hydrogen) atoms. The fourth-order valence-electron chi connectivity index (χ4n) is 10.8. The number of hydrogen-bond acceptors (Lipinski definition) is 8. The van der Waals surface area contributed by atoms with Gasteiger partial charge in [-0.2, -0.15) is 0 Å². The highest BCUT2D eigenvalue weighted by molar-refractivity contribution is 5.70. The van der Waals surface area contributed by atoms with Gasteiger partial charge in [0.15, 0.2) is 12.4 Å². The third kappa shape index (κ3) is 69.9. The third-order valence-corrected chi connectivity index (χ3v) is 16.4. The van der Waals surface area contributed by atoms with E-state index in [0.29, 0.717) is 23.9 Å². The normalized spacial score (nSPS) is 13.1. The van der Waals surface area contributed by atoms with E-state index in [-0.39, 0.29) is 32.2 Å². The van der Waals surface area contributed by atoms with Crippen LogP contribution < -0.4 is 5.11 Å². The number of carboxylic acids is 1. The summed E-state index contributed by atoms with van der Waals surface area (Å²) in [6, 6.07) is 0. The monoisotopic (exact) mass is 1230 g/mol. The van der Waals surface area contributed by atoms with Crippen molar-refractivity contribution in [3.63, 3.8) is 0 Å². The van der Waals surface area contributed by atoms with Crippen molar-refractivity contribution in [2.24, 2.45) is 0 Å². The number of allylic oxidation sites excluding steroid dienone is 14. The van der Waals surface area contributed by atoms with Gasteiger partial charge in [0.2, 0.25) is 0 Å². The van der Waals surface area contributed by atoms with Crippen molar-refractivity contribution in [2.45, 2.75) is 354 Å². The van der Waals surface area contributed by atoms with E-state index in [1.165, 1.54) is 231 Å². The van der Waals surface area contributed by atoms with Gasteiger partial charge < -0.3 is 33.3 Å². The van der Waals surface area contributed by atoms with Crippen LogP contribution in [0.4, 0.5) is 0 Å². The van der Waals surface area contributed by atoms with Gasteiger partial charge >= 0.3 is 11.9 Å². The molecule has 0 aliphatic heterocycles. The summed E-state index contributed by atoms with van der Waals surface area (Å²) in [5.74, 6) is -2.26. The van der Waals surface area contributed by atoms with Gasteiger partial charge in [-0.1, -0.05) is 343 Å². The van der Waals surface area contributed by atoms with Crippen LogP contribution in [0.15, 0.2) is 85.1 Å². The molecule has 0 bridgehead atoms. The summed E-state index contributed by atoms with van der Waals surface area (Å²) < 4.78 is 22.8. The predicted octanol–water partition coefficient (Wildman–Crippen LogP) is 22.1. The molecular weight excluding hydrogens is 1090 g/mol. The second kappa shape index (κ2) is 69.4. The topological polar surface area (TPSA) is 111 Å². The Morgan fingerprint density at radius 1 is 0.352 bits per heavy atom. The molecule has 9 nitrogen and oxygen atoms in total. The number of carboxylic acid groups (broad SMARTS) is 1. The van der Waals surface area contributed by atoms with Crippen LogP contribution in [0.2, 0.25) is 0 Å². The lowest BCUT2D eigenvalue weighted by molar-refractivity contribution is -0.870. The molecule has 0 saturated heterocycles. The molecule has 2 unspecified atom stereocenters. The maximum absolute atomic E-state index is 12.9. The number of likely N-dealkylation sites (N-methyl/N-ethyl adjacent to an activating group) is 1. The SMILES string of the molecule is CC/C=C\C/C=C\C/C=C\C/C=C\C/C=C\C/C=C\C/C=C\CCCCCCCCCCCCCCCCCCCCCC(=O)OC(COC(=O)CCCCCCCCCCCCCCCCCCCCCCCC)COC(OCC[N+](C)(C)C)C(=O)[O-]. The number of rotatable bonds is 69. The number of hydrogen-bond donors (Lipinski definition) is 0. The van der Waals surface area contributed by atoms with Crippen molar-refractivity contribution in [1.29, 1.82) is 0 Å². The summed E-state index contributed by atoms with van der Waals surface area (Å²) in [5, 5.41) is 11.8. The zero-order chi connectivity index (χ0) is 64.0. The molecule has 9 heteroatoms. The van der Waals surface area contributed by atoms with Gasteiger partial charge in [-0.15, -0.1) is 0 Å². The number of ether oxygens (including phenoxy) is 4. The third-order valence-electron chi connectivity index (χ3n) is 16.4. The fourth-order valence-corrected chi connectivity index (χ4v) is 10.8. The van der Waals surface area contributed by atoms with E-state index >= 15 is 0 Å². The Morgan fingerprint density at radius 2 is 0.648 bits per heavy atom. The lowest BCUT2D eigenvalue weighted by Gasteiger charge is -2.26. The molecule has 0 rings (SSSR count). The van der Waals surface area contributed by atoms with E-state index < -0.39 is 24.3 Å². The Kier molecular flexibility index (Phi) is 66.6. The number of quaternary nitrogens is 1. The quantitative estimate of drug-likeness (QED) is 0.0195. The van der Waals surface area contributed by atoms with E-state index in [0.717, 1.165) is 77.0 Å². The van der Waals surface area contributed by atoms with Crippen LogP contribution in [0.1, 0.15) is 341 Å².